The third-order valence-electron chi connectivity index (χ3n) is 1.28. The lowest BCUT2D eigenvalue weighted by molar-refractivity contribution is 0.332. The predicted octanol–water partition coefficient (Wildman–Crippen LogP) is 1.90. The second-order valence-corrected chi connectivity index (χ2v) is 2.46. The highest BCUT2D eigenvalue weighted by atomic mass is 35.5. The van der Waals surface area contributed by atoms with Crippen LogP contribution < -0.4 is 10.7 Å². The van der Waals surface area contributed by atoms with Crippen LogP contribution in [0.25, 0.3) is 0 Å². The molecule has 0 unspecified atom stereocenters. The second kappa shape index (κ2) is 2.90. The molecule has 2 N–H and O–H groups in total. The molecule has 0 aliphatic carbocycles. The average molecular weight is 158 g/mol. The topological polar surface area (TPSA) is 35.2 Å². The molecule has 2 nitrogen and oxygen atoms in total. The molecule has 1 aromatic rings. The van der Waals surface area contributed by atoms with E-state index < -0.39 is 0 Å². The third-order valence-corrected chi connectivity index (χ3v) is 1.51. The van der Waals surface area contributed by atoms with E-state index in [1.165, 1.54) is 0 Å². The lowest BCUT2D eigenvalue weighted by atomic mass is 10.2. The van der Waals surface area contributed by atoms with Crippen LogP contribution in [0.5, 0.6) is 5.75 Å². The Bertz CT molecular complexity index is 237. The lowest BCUT2D eigenvalue weighted by Gasteiger charge is -2.01. The number of nitrogens with two attached hydrogens (primary N) is 1. The van der Waals surface area contributed by atoms with Crippen LogP contribution in [0.2, 0.25) is 5.02 Å². The van der Waals surface area contributed by atoms with Crippen LogP contribution >= 0.6 is 11.6 Å². The van der Waals surface area contributed by atoms with Gasteiger partial charge in [0, 0.05) is 11.1 Å². The van der Waals surface area contributed by atoms with Crippen molar-refractivity contribution in [2.75, 3.05) is 0 Å². The van der Waals surface area contributed by atoms with Gasteiger partial charge in [0.25, 0.3) is 0 Å². The van der Waals surface area contributed by atoms with Crippen LogP contribution in [0.3, 0.4) is 0 Å². The van der Waals surface area contributed by atoms with E-state index in [0.717, 1.165) is 5.56 Å². The maximum atomic E-state index is 5.66. The molecule has 0 spiro atoms. The van der Waals surface area contributed by atoms with E-state index in [4.69, 9.17) is 17.5 Å². The molecule has 0 fully saturated rings. The van der Waals surface area contributed by atoms with Gasteiger partial charge in [0.2, 0.25) is 0 Å². The monoisotopic (exact) mass is 157 g/mol. The lowest BCUT2D eigenvalue weighted by Crippen LogP contribution is -2.02. The molecule has 10 heavy (non-hydrogen) atoms. The van der Waals surface area contributed by atoms with Gasteiger partial charge in [0.05, 0.1) is 0 Å². The SMILES string of the molecule is Cc1ccc(Cl)cc1ON. The first-order valence-corrected chi connectivity index (χ1v) is 3.24. The van der Waals surface area contributed by atoms with Crippen LogP contribution in [0.1, 0.15) is 5.56 Å². The van der Waals surface area contributed by atoms with E-state index in [1.54, 1.807) is 12.1 Å². The molecule has 0 amide bonds. The minimum absolute atomic E-state index is 0.618. The standard InChI is InChI=1S/C7H8ClNO/c1-5-2-3-6(8)4-7(5)10-9/h2-4H,9H2,1H3. The fourth-order valence-corrected chi connectivity index (χ4v) is 0.863. The number of aryl methyl sites for hydroxylation is 1. The summed E-state index contributed by atoms with van der Waals surface area (Å²) in [4.78, 5) is 4.54. The van der Waals surface area contributed by atoms with Gasteiger partial charge in [-0.25, -0.2) is 0 Å². The highest BCUT2D eigenvalue weighted by Gasteiger charge is 1.97. The molecule has 1 rings (SSSR count). The van der Waals surface area contributed by atoms with E-state index in [1.807, 2.05) is 13.0 Å². The van der Waals surface area contributed by atoms with Gasteiger partial charge in [0.1, 0.15) is 0 Å². The highest BCUT2D eigenvalue weighted by molar-refractivity contribution is 6.30. The first kappa shape index (κ1) is 7.38. The molecule has 0 bridgehead atoms. The summed E-state index contributed by atoms with van der Waals surface area (Å²) < 4.78 is 0. The van der Waals surface area contributed by atoms with Crippen molar-refractivity contribution in [2.45, 2.75) is 6.92 Å². The Morgan fingerprint density at radius 3 is 2.70 bits per heavy atom. The number of hydrogen-bond acceptors (Lipinski definition) is 2. The van der Waals surface area contributed by atoms with Gasteiger partial charge < -0.3 is 4.84 Å². The Hall–Kier alpha value is -0.730. The average Bonchev–Trinajstić information content (AvgIpc) is 1.94. The minimum Gasteiger partial charge on any atom is -0.411 e. The van der Waals surface area contributed by atoms with Crippen molar-refractivity contribution in [1.29, 1.82) is 0 Å². The number of hydrogen-bond donors (Lipinski definition) is 1. The van der Waals surface area contributed by atoms with E-state index in [0.29, 0.717) is 10.8 Å². The Morgan fingerprint density at radius 2 is 2.20 bits per heavy atom. The third kappa shape index (κ3) is 1.40. The summed E-state index contributed by atoms with van der Waals surface area (Å²) >= 11 is 5.66. The number of benzene rings is 1. The largest absolute Gasteiger partial charge is 0.411 e. The molecular formula is C7H8ClNO. The van der Waals surface area contributed by atoms with Gasteiger partial charge in [-0.1, -0.05) is 17.7 Å². The van der Waals surface area contributed by atoms with Gasteiger partial charge >= 0.3 is 0 Å². The molecule has 0 atom stereocenters. The maximum absolute atomic E-state index is 5.66. The van der Waals surface area contributed by atoms with Crippen molar-refractivity contribution in [1.82, 2.24) is 0 Å². The van der Waals surface area contributed by atoms with Crippen molar-refractivity contribution in [3.8, 4) is 5.75 Å². The molecule has 54 valence electrons. The summed E-state index contributed by atoms with van der Waals surface area (Å²) in [6.07, 6.45) is 0. The zero-order chi connectivity index (χ0) is 7.56. The molecule has 0 saturated carbocycles. The smallest absolute Gasteiger partial charge is 0.151 e. The molecule has 0 radical (unpaired) electrons. The summed E-state index contributed by atoms with van der Waals surface area (Å²) in [5.41, 5.74) is 0.979. The van der Waals surface area contributed by atoms with Crippen molar-refractivity contribution in [2.24, 2.45) is 5.90 Å². The van der Waals surface area contributed by atoms with Gasteiger partial charge in [0.15, 0.2) is 5.75 Å². The van der Waals surface area contributed by atoms with E-state index in [-0.39, 0.29) is 0 Å². The van der Waals surface area contributed by atoms with Crippen LogP contribution in [0, 0.1) is 6.92 Å². The quantitative estimate of drug-likeness (QED) is 0.632. The zero-order valence-electron chi connectivity index (χ0n) is 5.60. The van der Waals surface area contributed by atoms with Gasteiger partial charge in [-0.05, 0) is 18.6 Å². The Kier molecular flexibility index (Phi) is 2.14. The molecular weight excluding hydrogens is 150 g/mol. The van der Waals surface area contributed by atoms with Crippen molar-refractivity contribution < 1.29 is 4.84 Å². The van der Waals surface area contributed by atoms with E-state index >= 15 is 0 Å². The van der Waals surface area contributed by atoms with Gasteiger partial charge in [-0.2, -0.15) is 5.90 Å². The first-order valence-electron chi connectivity index (χ1n) is 2.87. The Balaban J connectivity index is 3.09. The molecule has 0 aliphatic heterocycles. The van der Waals surface area contributed by atoms with Crippen molar-refractivity contribution in [3.05, 3.63) is 28.8 Å². The van der Waals surface area contributed by atoms with E-state index in [9.17, 15) is 0 Å². The fourth-order valence-electron chi connectivity index (χ4n) is 0.701. The normalized spacial score (nSPS) is 9.50. The highest BCUT2D eigenvalue weighted by Crippen LogP contribution is 2.20. The molecule has 0 saturated heterocycles. The number of halogens is 1. The van der Waals surface area contributed by atoms with Crippen LogP contribution in [0.15, 0.2) is 18.2 Å². The second-order valence-electron chi connectivity index (χ2n) is 2.03. The molecule has 1 aromatic carbocycles. The summed E-state index contributed by atoms with van der Waals surface area (Å²) in [6.45, 7) is 1.90. The molecule has 0 aliphatic rings. The first-order chi connectivity index (χ1) is 4.74. The predicted molar refractivity (Wildman–Crippen MR) is 41.0 cm³/mol. The van der Waals surface area contributed by atoms with Crippen LogP contribution in [-0.2, 0) is 0 Å². The molecule has 0 heterocycles. The van der Waals surface area contributed by atoms with Crippen LogP contribution in [0.4, 0.5) is 0 Å². The van der Waals surface area contributed by atoms with Crippen molar-refractivity contribution >= 4 is 11.6 Å². The summed E-state index contributed by atoms with van der Waals surface area (Å²) in [5.74, 6) is 5.58. The van der Waals surface area contributed by atoms with Gasteiger partial charge in [-0.15, -0.1) is 0 Å². The summed E-state index contributed by atoms with van der Waals surface area (Å²) in [5, 5.41) is 0.631. The van der Waals surface area contributed by atoms with Crippen LogP contribution in [-0.4, -0.2) is 0 Å². The summed E-state index contributed by atoms with van der Waals surface area (Å²) in [6, 6.07) is 5.32. The fraction of sp³-hybridized carbons (Fsp3) is 0.143. The minimum atomic E-state index is 0.618. The molecule has 0 aromatic heterocycles. The number of rotatable bonds is 1. The van der Waals surface area contributed by atoms with Crippen molar-refractivity contribution in [3.63, 3.8) is 0 Å². The van der Waals surface area contributed by atoms with Gasteiger partial charge in [-0.3, -0.25) is 0 Å². The Labute approximate surface area is 64.5 Å². The maximum Gasteiger partial charge on any atom is 0.151 e. The Morgan fingerprint density at radius 1 is 1.50 bits per heavy atom. The molecule has 3 heteroatoms. The zero-order valence-corrected chi connectivity index (χ0v) is 6.35. The summed E-state index contributed by atoms with van der Waals surface area (Å²) in [7, 11) is 0. The van der Waals surface area contributed by atoms with E-state index in [2.05, 4.69) is 4.84 Å².